The van der Waals surface area contributed by atoms with Crippen LogP contribution in [-0.4, -0.2) is 71.3 Å². The molecule has 0 spiro atoms. The second kappa shape index (κ2) is 9.13. The molecule has 0 bridgehead atoms. The van der Waals surface area contributed by atoms with Crippen LogP contribution in [0.25, 0.3) is 10.9 Å². The zero-order valence-electron chi connectivity index (χ0n) is 19.0. The Kier molecular flexibility index (Phi) is 6.05. The van der Waals surface area contributed by atoms with Gasteiger partial charge in [-0.2, -0.15) is 5.10 Å². The molecule has 1 aromatic heterocycles. The van der Waals surface area contributed by atoms with Gasteiger partial charge < -0.3 is 14.5 Å². The smallest absolute Gasteiger partial charge is 0.235 e. The van der Waals surface area contributed by atoms with Crippen LogP contribution in [0.3, 0.4) is 0 Å². The number of benzene rings is 1. The number of piperidine rings is 3. The first-order chi connectivity index (χ1) is 16.0. The molecule has 3 aliphatic rings. The van der Waals surface area contributed by atoms with Crippen LogP contribution in [0.4, 0.5) is 5.69 Å². The number of carbonyl (C=O) groups is 3. The van der Waals surface area contributed by atoms with Crippen molar-refractivity contribution in [2.24, 2.45) is 7.05 Å². The SMILES string of the molecule is Cn1nc(C2CCC(=O)NC2=O)c2ccc(N3CCC(OC4CCN(C=O)CC4)CC3)cc21. The van der Waals surface area contributed by atoms with Crippen LogP contribution in [0.15, 0.2) is 18.2 Å². The van der Waals surface area contributed by atoms with Crippen LogP contribution in [0.1, 0.15) is 50.1 Å². The van der Waals surface area contributed by atoms with Crippen LogP contribution in [-0.2, 0) is 26.2 Å². The third kappa shape index (κ3) is 4.46. The molecule has 176 valence electrons. The molecule has 2 aromatic rings. The molecule has 0 saturated carbocycles. The highest BCUT2D eigenvalue weighted by Gasteiger charge is 2.32. The normalized spacial score (nSPS) is 23.2. The van der Waals surface area contributed by atoms with Gasteiger partial charge in [0.15, 0.2) is 0 Å². The van der Waals surface area contributed by atoms with E-state index in [1.54, 1.807) is 0 Å². The lowest BCUT2D eigenvalue weighted by Gasteiger charge is -2.37. The molecule has 4 heterocycles. The molecule has 3 aliphatic heterocycles. The predicted molar refractivity (Wildman–Crippen MR) is 123 cm³/mol. The molecule has 3 amide bonds. The topological polar surface area (TPSA) is 96.8 Å². The molecule has 1 aromatic carbocycles. The van der Waals surface area contributed by atoms with Crippen molar-refractivity contribution in [3.8, 4) is 0 Å². The zero-order valence-corrected chi connectivity index (χ0v) is 19.0. The van der Waals surface area contributed by atoms with Crippen LogP contribution in [0.2, 0.25) is 0 Å². The lowest BCUT2D eigenvalue weighted by Crippen LogP contribution is -2.41. The third-order valence-corrected chi connectivity index (χ3v) is 7.25. The Bertz CT molecular complexity index is 1050. The Morgan fingerprint density at radius 3 is 2.39 bits per heavy atom. The summed E-state index contributed by atoms with van der Waals surface area (Å²) in [6, 6.07) is 6.31. The number of likely N-dealkylation sites (tertiary alicyclic amines) is 1. The van der Waals surface area contributed by atoms with E-state index in [4.69, 9.17) is 4.74 Å². The maximum atomic E-state index is 12.4. The van der Waals surface area contributed by atoms with Crippen LogP contribution >= 0.6 is 0 Å². The maximum absolute atomic E-state index is 12.4. The predicted octanol–water partition coefficient (Wildman–Crippen LogP) is 1.70. The average Bonchev–Trinajstić information content (AvgIpc) is 3.15. The van der Waals surface area contributed by atoms with E-state index in [0.29, 0.717) is 12.8 Å². The summed E-state index contributed by atoms with van der Waals surface area (Å²) in [5.74, 6) is -0.852. The number of anilines is 1. The first kappa shape index (κ1) is 21.9. The summed E-state index contributed by atoms with van der Waals surface area (Å²) >= 11 is 0. The number of fused-ring (bicyclic) bond motifs is 1. The second-order valence-corrected chi connectivity index (χ2v) is 9.38. The standard InChI is InChI=1S/C24H31N5O4/c1-27-21-14-16(2-3-19(21)23(26-27)20-4-5-22(31)25-24(20)32)29-12-8-18(9-13-29)33-17-6-10-28(15-30)11-7-17/h2-3,14-15,17-18,20H,4-13H2,1H3,(H,25,31,32). The van der Waals surface area contributed by atoms with Crippen LogP contribution in [0.5, 0.6) is 0 Å². The number of ether oxygens (including phenoxy) is 1. The first-order valence-corrected chi connectivity index (χ1v) is 11.9. The van der Waals surface area contributed by atoms with Crippen molar-refractivity contribution in [1.82, 2.24) is 20.0 Å². The number of hydrogen-bond donors (Lipinski definition) is 1. The second-order valence-electron chi connectivity index (χ2n) is 9.38. The Hall–Kier alpha value is -2.94. The highest BCUT2D eigenvalue weighted by atomic mass is 16.5. The molecule has 33 heavy (non-hydrogen) atoms. The van der Waals surface area contributed by atoms with Crippen molar-refractivity contribution in [3.63, 3.8) is 0 Å². The highest BCUT2D eigenvalue weighted by Crippen LogP contribution is 2.33. The Morgan fingerprint density at radius 2 is 1.73 bits per heavy atom. The fourth-order valence-electron chi connectivity index (χ4n) is 5.32. The molecule has 5 rings (SSSR count). The number of carbonyl (C=O) groups excluding carboxylic acids is 3. The maximum Gasteiger partial charge on any atom is 0.235 e. The van der Waals surface area contributed by atoms with Gasteiger partial charge >= 0.3 is 0 Å². The van der Waals surface area contributed by atoms with Gasteiger partial charge in [0.05, 0.1) is 29.3 Å². The number of nitrogens with one attached hydrogen (secondary N) is 1. The summed E-state index contributed by atoms with van der Waals surface area (Å²) < 4.78 is 8.17. The van der Waals surface area contributed by atoms with E-state index >= 15 is 0 Å². The number of imide groups is 1. The highest BCUT2D eigenvalue weighted by molar-refractivity contribution is 6.02. The van der Waals surface area contributed by atoms with Gasteiger partial charge in [0.1, 0.15) is 0 Å². The van der Waals surface area contributed by atoms with Gasteiger partial charge in [-0.25, -0.2) is 0 Å². The summed E-state index contributed by atoms with van der Waals surface area (Å²) in [6.45, 7) is 3.44. The average molecular weight is 454 g/mol. The monoisotopic (exact) mass is 453 g/mol. The molecular formula is C24H31N5O4. The number of aromatic nitrogens is 2. The quantitative estimate of drug-likeness (QED) is 0.547. The Balaban J connectivity index is 1.23. The summed E-state index contributed by atoms with van der Waals surface area (Å²) in [4.78, 5) is 39.0. The van der Waals surface area contributed by atoms with Gasteiger partial charge in [0.25, 0.3) is 0 Å². The van der Waals surface area contributed by atoms with E-state index in [-0.39, 0.29) is 29.9 Å². The first-order valence-electron chi connectivity index (χ1n) is 11.9. The summed E-state index contributed by atoms with van der Waals surface area (Å²) in [5, 5.41) is 8.05. The molecule has 3 saturated heterocycles. The fourth-order valence-corrected chi connectivity index (χ4v) is 5.32. The lowest BCUT2D eigenvalue weighted by atomic mass is 9.92. The number of amides is 3. The van der Waals surface area contributed by atoms with Gasteiger partial charge in [-0.3, -0.25) is 24.4 Å². The molecule has 9 heteroatoms. The summed E-state index contributed by atoms with van der Waals surface area (Å²) in [7, 11) is 1.90. The van der Waals surface area contributed by atoms with Crippen LogP contribution < -0.4 is 10.2 Å². The Labute approximate surface area is 193 Å². The zero-order chi connectivity index (χ0) is 22.9. The minimum atomic E-state index is -0.386. The number of nitrogens with zero attached hydrogens (tertiary/aromatic N) is 4. The van der Waals surface area contributed by atoms with Crippen molar-refractivity contribution in [2.75, 3.05) is 31.1 Å². The van der Waals surface area contributed by atoms with Crippen molar-refractivity contribution >= 4 is 34.8 Å². The van der Waals surface area contributed by atoms with Crippen molar-refractivity contribution in [2.45, 2.75) is 56.7 Å². The molecule has 0 aliphatic carbocycles. The molecule has 1 unspecified atom stereocenters. The van der Waals surface area contributed by atoms with Gasteiger partial charge in [0.2, 0.25) is 18.2 Å². The Morgan fingerprint density at radius 1 is 1.03 bits per heavy atom. The van der Waals surface area contributed by atoms with E-state index in [0.717, 1.165) is 80.6 Å². The van der Waals surface area contributed by atoms with Crippen LogP contribution in [0, 0.1) is 0 Å². The van der Waals surface area contributed by atoms with Gasteiger partial charge in [-0.15, -0.1) is 0 Å². The van der Waals surface area contributed by atoms with Gasteiger partial charge in [0, 0.05) is 50.7 Å². The summed E-state index contributed by atoms with van der Waals surface area (Å²) in [6.07, 6.45) is 6.12. The van der Waals surface area contributed by atoms with E-state index in [1.807, 2.05) is 16.6 Å². The molecular weight excluding hydrogens is 422 g/mol. The van der Waals surface area contributed by atoms with Crippen molar-refractivity contribution < 1.29 is 19.1 Å². The number of hydrogen-bond acceptors (Lipinski definition) is 6. The fraction of sp³-hybridized carbons (Fsp3) is 0.583. The third-order valence-electron chi connectivity index (χ3n) is 7.25. The van der Waals surface area contributed by atoms with Gasteiger partial charge in [-0.1, -0.05) is 0 Å². The van der Waals surface area contributed by atoms with Gasteiger partial charge in [-0.05, 0) is 50.3 Å². The molecule has 0 radical (unpaired) electrons. The lowest BCUT2D eigenvalue weighted by molar-refractivity contribution is -0.134. The number of rotatable bonds is 5. The van der Waals surface area contributed by atoms with Crippen molar-refractivity contribution in [1.29, 1.82) is 0 Å². The van der Waals surface area contributed by atoms with E-state index < -0.39 is 0 Å². The van der Waals surface area contributed by atoms with E-state index in [2.05, 4.69) is 33.5 Å². The molecule has 1 atom stereocenters. The molecule has 1 N–H and O–H groups in total. The van der Waals surface area contributed by atoms with Crippen molar-refractivity contribution in [3.05, 3.63) is 23.9 Å². The summed E-state index contributed by atoms with van der Waals surface area (Å²) in [5.41, 5.74) is 2.89. The van der Waals surface area contributed by atoms with E-state index in [9.17, 15) is 14.4 Å². The minimum absolute atomic E-state index is 0.211. The van der Waals surface area contributed by atoms with E-state index in [1.165, 1.54) is 0 Å². The minimum Gasteiger partial charge on any atom is -0.375 e. The molecule has 9 nitrogen and oxygen atoms in total. The molecule has 3 fully saturated rings. The number of aryl methyl sites for hydroxylation is 1. The largest absolute Gasteiger partial charge is 0.375 e.